The van der Waals surface area contributed by atoms with E-state index in [2.05, 4.69) is 5.10 Å². The number of nitrogens with zero attached hydrogens (tertiary/aromatic N) is 2. The molecule has 0 unspecified atom stereocenters. The Morgan fingerprint density at radius 3 is 2.91 bits per heavy atom. The summed E-state index contributed by atoms with van der Waals surface area (Å²) in [6, 6.07) is 1.60. The SMILES string of the molecule is CCc1cc(Cl)nn(C)c1=O. The Labute approximate surface area is 69.6 Å². The lowest BCUT2D eigenvalue weighted by Gasteiger charge is -1.99. The van der Waals surface area contributed by atoms with Crippen molar-refractivity contribution in [3.8, 4) is 0 Å². The van der Waals surface area contributed by atoms with Crippen molar-refractivity contribution in [1.29, 1.82) is 0 Å². The van der Waals surface area contributed by atoms with Crippen LogP contribution in [0.3, 0.4) is 0 Å². The molecule has 1 rings (SSSR count). The molecule has 0 N–H and O–H groups in total. The molecule has 0 radical (unpaired) electrons. The van der Waals surface area contributed by atoms with Crippen molar-refractivity contribution >= 4 is 11.6 Å². The van der Waals surface area contributed by atoms with Gasteiger partial charge in [0, 0.05) is 12.6 Å². The van der Waals surface area contributed by atoms with Gasteiger partial charge in [-0.15, -0.1) is 0 Å². The lowest BCUT2D eigenvalue weighted by Crippen LogP contribution is -2.22. The first kappa shape index (κ1) is 8.27. The molecule has 1 heterocycles. The molecule has 0 aliphatic carbocycles. The first-order valence-electron chi connectivity index (χ1n) is 3.38. The first-order chi connectivity index (χ1) is 5.15. The summed E-state index contributed by atoms with van der Waals surface area (Å²) in [7, 11) is 1.59. The van der Waals surface area contributed by atoms with Gasteiger partial charge >= 0.3 is 0 Å². The zero-order chi connectivity index (χ0) is 8.43. The number of hydrogen-bond acceptors (Lipinski definition) is 2. The number of hydrogen-bond donors (Lipinski definition) is 0. The Kier molecular flexibility index (Phi) is 2.29. The van der Waals surface area contributed by atoms with Gasteiger partial charge < -0.3 is 0 Å². The zero-order valence-corrected chi connectivity index (χ0v) is 7.22. The number of aromatic nitrogens is 2. The third kappa shape index (κ3) is 1.60. The van der Waals surface area contributed by atoms with Gasteiger partial charge in [0.15, 0.2) is 0 Å². The summed E-state index contributed by atoms with van der Waals surface area (Å²) in [4.78, 5) is 11.2. The molecule has 1 aromatic heterocycles. The number of halogens is 1. The Hall–Kier alpha value is -0.830. The van der Waals surface area contributed by atoms with E-state index in [1.165, 1.54) is 4.68 Å². The third-order valence-corrected chi connectivity index (χ3v) is 1.67. The molecule has 0 fully saturated rings. The summed E-state index contributed by atoms with van der Waals surface area (Å²) in [5.74, 6) is 0. The number of rotatable bonds is 1. The van der Waals surface area contributed by atoms with Crippen LogP contribution >= 0.6 is 11.6 Å². The minimum Gasteiger partial charge on any atom is -0.268 e. The van der Waals surface area contributed by atoms with Gasteiger partial charge in [0.1, 0.15) is 5.15 Å². The van der Waals surface area contributed by atoms with E-state index < -0.39 is 0 Å². The maximum atomic E-state index is 11.2. The zero-order valence-electron chi connectivity index (χ0n) is 6.47. The molecule has 0 atom stereocenters. The van der Waals surface area contributed by atoms with Crippen LogP contribution in [-0.2, 0) is 13.5 Å². The van der Waals surface area contributed by atoms with E-state index in [1.807, 2.05) is 6.92 Å². The maximum Gasteiger partial charge on any atom is 0.269 e. The third-order valence-electron chi connectivity index (χ3n) is 1.49. The normalized spacial score (nSPS) is 10.1. The van der Waals surface area contributed by atoms with Gasteiger partial charge in [0.05, 0.1) is 0 Å². The highest BCUT2D eigenvalue weighted by Crippen LogP contribution is 2.02. The highest BCUT2D eigenvalue weighted by Gasteiger charge is 2.01. The van der Waals surface area contributed by atoms with Gasteiger partial charge in [-0.05, 0) is 12.5 Å². The van der Waals surface area contributed by atoms with E-state index in [1.54, 1.807) is 13.1 Å². The van der Waals surface area contributed by atoms with Crippen LogP contribution in [0.1, 0.15) is 12.5 Å². The summed E-state index contributed by atoms with van der Waals surface area (Å²) in [5, 5.41) is 4.12. The fourth-order valence-corrected chi connectivity index (χ4v) is 1.13. The van der Waals surface area contributed by atoms with Crippen molar-refractivity contribution in [2.45, 2.75) is 13.3 Å². The molecule has 1 aromatic rings. The van der Waals surface area contributed by atoms with Crippen molar-refractivity contribution in [1.82, 2.24) is 9.78 Å². The standard InChI is InChI=1S/C7H9ClN2O/c1-3-5-4-6(8)9-10(2)7(5)11/h4H,3H2,1-2H3. The average molecular weight is 173 g/mol. The lowest BCUT2D eigenvalue weighted by molar-refractivity contribution is 0.695. The maximum absolute atomic E-state index is 11.2. The molecule has 4 heteroatoms. The molecule has 0 aromatic carbocycles. The van der Waals surface area contributed by atoms with Gasteiger partial charge in [0.2, 0.25) is 0 Å². The molecule has 0 spiro atoms. The lowest BCUT2D eigenvalue weighted by atomic mass is 10.2. The molecule has 11 heavy (non-hydrogen) atoms. The first-order valence-corrected chi connectivity index (χ1v) is 3.75. The van der Waals surface area contributed by atoms with Crippen LogP contribution in [0.25, 0.3) is 0 Å². The Morgan fingerprint density at radius 2 is 2.36 bits per heavy atom. The van der Waals surface area contributed by atoms with Crippen molar-refractivity contribution in [2.24, 2.45) is 7.05 Å². The molecule has 60 valence electrons. The molecule has 3 nitrogen and oxygen atoms in total. The molecule has 0 bridgehead atoms. The van der Waals surface area contributed by atoms with Crippen LogP contribution in [0.4, 0.5) is 0 Å². The van der Waals surface area contributed by atoms with Gasteiger partial charge in [-0.2, -0.15) is 5.10 Å². The average Bonchev–Trinajstić information content (AvgIpc) is 1.96. The van der Waals surface area contributed by atoms with E-state index in [4.69, 9.17) is 11.6 Å². The predicted octanol–water partition coefficient (Wildman–Crippen LogP) is 0.996. The smallest absolute Gasteiger partial charge is 0.268 e. The second kappa shape index (κ2) is 3.05. The molecule has 0 aliphatic rings. The Bertz CT molecular complexity index is 319. The van der Waals surface area contributed by atoms with E-state index in [9.17, 15) is 4.79 Å². The molecule has 0 saturated carbocycles. The van der Waals surface area contributed by atoms with Gasteiger partial charge in [0.25, 0.3) is 5.56 Å². The van der Waals surface area contributed by atoms with Crippen molar-refractivity contribution in [3.63, 3.8) is 0 Å². The molecular weight excluding hydrogens is 164 g/mol. The van der Waals surface area contributed by atoms with Gasteiger partial charge in [-0.25, -0.2) is 4.68 Å². The summed E-state index contributed by atoms with van der Waals surface area (Å²) in [6.07, 6.45) is 0.689. The van der Waals surface area contributed by atoms with Crippen LogP contribution < -0.4 is 5.56 Å². The molecule has 0 amide bonds. The van der Waals surface area contributed by atoms with E-state index in [0.717, 1.165) is 0 Å². The van der Waals surface area contributed by atoms with E-state index >= 15 is 0 Å². The molecule has 0 saturated heterocycles. The van der Waals surface area contributed by atoms with Gasteiger partial charge in [-0.1, -0.05) is 18.5 Å². The minimum atomic E-state index is -0.0723. The van der Waals surface area contributed by atoms with E-state index in [-0.39, 0.29) is 5.56 Å². The van der Waals surface area contributed by atoms with Crippen LogP contribution in [0.5, 0.6) is 0 Å². The van der Waals surface area contributed by atoms with Crippen LogP contribution in [0.2, 0.25) is 5.15 Å². The molecule has 0 aliphatic heterocycles. The minimum absolute atomic E-state index is 0.0723. The van der Waals surface area contributed by atoms with Gasteiger partial charge in [-0.3, -0.25) is 4.79 Å². The number of aryl methyl sites for hydroxylation is 2. The summed E-state index contributed by atoms with van der Waals surface area (Å²) in [5.41, 5.74) is 0.629. The highest BCUT2D eigenvalue weighted by molar-refractivity contribution is 6.29. The second-order valence-electron chi connectivity index (χ2n) is 2.27. The van der Waals surface area contributed by atoms with Crippen LogP contribution in [0, 0.1) is 0 Å². The van der Waals surface area contributed by atoms with Crippen molar-refractivity contribution in [2.75, 3.05) is 0 Å². The quantitative estimate of drug-likeness (QED) is 0.634. The monoisotopic (exact) mass is 172 g/mol. The van der Waals surface area contributed by atoms with Crippen LogP contribution in [-0.4, -0.2) is 9.78 Å². The molecular formula is C7H9ClN2O. The summed E-state index contributed by atoms with van der Waals surface area (Å²) >= 11 is 5.63. The topological polar surface area (TPSA) is 34.9 Å². The van der Waals surface area contributed by atoms with E-state index in [0.29, 0.717) is 17.1 Å². The van der Waals surface area contributed by atoms with Crippen LogP contribution in [0.15, 0.2) is 10.9 Å². The van der Waals surface area contributed by atoms with Crippen molar-refractivity contribution < 1.29 is 0 Å². The Balaban J connectivity index is 3.37. The fraction of sp³-hybridized carbons (Fsp3) is 0.429. The summed E-state index contributed by atoms with van der Waals surface area (Å²) < 4.78 is 1.25. The highest BCUT2D eigenvalue weighted by atomic mass is 35.5. The summed E-state index contributed by atoms with van der Waals surface area (Å²) in [6.45, 7) is 1.91. The fourth-order valence-electron chi connectivity index (χ4n) is 0.884. The largest absolute Gasteiger partial charge is 0.269 e. The second-order valence-corrected chi connectivity index (χ2v) is 2.66. The Morgan fingerprint density at radius 1 is 1.73 bits per heavy atom. The van der Waals surface area contributed by atoms with Crippen molar-refractivity contribution in [3.05, 3.63) is 27.1 Å². The predicted molar refractivity (Wildman–Crippen MR) is 43.9 cm³/mol.